The minimum absolute atomic E-state index is 0.0389. The Morgan fingerprint density at radius 1 is 1.11 bits per heavy atom. The molecule has 2 nitrogen and oxygen atoms in total. The Morgan fingerprint density at radius 2 is 1.72 bits per heavy atom. The van der Waals surface area contributed by atoms with E-state index in [4.69, 9.17) is 0 Å². The highest BCUT2D eigenvalue weighted by Gasteiger charge is 2.22. The molecule has 1 amide bonds. The third-order valence-electron chi connectivity index (χ3n) is 3.63. The van der Waals surface area contributed by atoms with Gasteiger partial charge in [-0.3, -0.25) is 4.79 Å². The van der Waals surface area contributed by atoms with Crippen LogP contribution in [-0.2, 0) is 4.79 Å². The monoisotopic (exact) mass is 319 g/mol. The lowest BCUT2D eigenvalue weighted by Gasteiger charge is -2.29. The minimum Gasteiger partial charge on any atom is -0.351 e. The van der Waals surface area contributed by atoms with Gasteiger partial charge in [-0.15, -0.1) is 0 Å². The predicted molar refractivity (Wildman–Crippen MR) is 83.2 cm³/mol. The first-order chi connectivity index (χ1) is 8.58. The third kappa shape index (κ3) is 8.96. The summed E-state index contributed by atoms with van der Waals surface area (Å²) < 4.78 is 0. The molecule has 0 rings (SSSR count). The van der Waals surface area contributed by atoms with E-state index in [1.165, 1.54) is 32.1 Å². The second-order valence-corrected chi connectivity index (χ2v) is 6.21. The van der Waals surface area contributed by atoms with Crippen LogP contribution in [0.5, 0.6) is 0 Å². The summed E-state index contributed by atoms with van der Waals surface area (Å²) in [6, 6.07) is 0. The maximum atomic E-state index is 11.9. The Bertz CT molecular complexity index is 221. The number of amides is 1. The molecule has 1 unspecified atom stereocenters. The molecule has 18 heavy (non-hydrogen) atoms. The van der Waals surface area contributed by atoms with Gasteiger partial charge in [0, 0.05) is 17.3 Å². The molecular weight excluding hydrogens is 290 g/mol. The van der Waals surface area contributed by atoms with Crippen molar-refractivity contribution in [3.05, 3.63) is 0 Å². The molecular formula is C15H30BrNO. The van der Waals surface area contributed by atoms with Crippen molar-refractivity contribution in [3.8, 4) is 0 Å². The molecule has 0 fully saturated rings. The van der Waals surface area contributed by atoms with E-state index in [9.17, 15) is 4.79 Å². The molecule has 0 bridgehead atoms. The minimum atomic E-state index is -0.0389. The van der Waals surface area contributed by atoms with Crippen LogP contribution in [0, 0.1) is 0 Å². The highest BCUT2D eigenvalue weighted by Crippen LogP contribution is 2.16. The van der Waals surface area contributed by atoms with Gasteiger partial charge >= 0.3 is 0 Å². The average molecular weight is 320 g/mol. The number of halogens is 1. The maximum Gasteiger partial charge on any atom is 0.220 e. The Hall–Kier alpha value is -0.0500. The quantitative estimate of drug-likeness (QED) is 0.430. The standard InChI is InChI=1S/C15H30BrNO/c1-4-6-7-8-9-10-11-14(18)17-15(3,5-2)12-13-16/h4-13H2,1-3H3,(H,17,18). The van der Waals surface area contributed by atoms with Gasteiger partial charge in [0.15, 0.2) is 0 Å². The van der Waals surface area contributed by atoms with Crippen LogP contribution in [0.4, 0.5) is 0 Å². The fourth-order valence-electron chi connectivity index (χ4n) is 2.00. The highest BCUT2D eigenvalue weighted by molar-refractivity contribution is 9.09. The number of unbranched alkanes of at least 4 members (excludes halogenated alkanes) is 5. The molecule has 108 valence electrons. The highest BCUT2D eigenvalue weighted by atomic mass is 79.9. The lowest BCUT2D eigenvalue weighted by atomic mass is 9.95. The number of hydrogen-bond donors (Lipinski definition) is 1. The molecule has 0 aromatic rings. The van der Waals surface area contributed by atoms with Crippen LogP contribution in [0.2, 0.25) is 0 Å². The van der Waals surface area contributed by atoms with E-state index < -0.39 is 0 Å². The van der Waals surface area contributed by atoms with Crippen molar-refractivity contribution in [2.75, 3.05) is 5.33 Å². The Kier molecular flexibility index (Phi) is 10.8. The van der Waals surface area contributed by atoms with Gasteiger partial charge in [-0.05, 0) is 26.2 Å². The molecule has 0 radical (unpaired) electrons. The van der Waals surface area contributed by atoms with E-state index in [0.717, 1.165) is 24.6 Å². The van der Waals surface area contributed by atoms with Crippen molar-refractivity contribution in [2.24, 2.45) is 0 Å². The van der Waals surface area contributed by atoms with E-state index in [1.54, 1.807) is 0 Å². The molecule has 0 aromatic carbocycles. The van der Waals surface area contributed by atoms with Crippen molar-refractivity contribution in [1.29, 1.82) is 0 Å². The van der Waals surface area contributed by atoms with Gasteiger partial charge in [-0.1, -0.05) is 61.9 Å². The second kappa shape index (κ2) is 10.8. The predicted octanol–water partition coefficient (Wildman–Crippen LogP) is 4.81. The molecule has 3 heteroatoms. The average Bonchev–Trinajstić information content (AvgIpc) is 2.34. The molecule has 0 heterocycles. The number of carbonyl (C=O) groups is 1. The van der Waals surface area contributed by atoms with E-state index in [0.29, 0.717) is 6.42 Å². The summed E-state index contributed by atoms with van der Waals surface area (Å²) >= 11 is 3.45. The fraction of sp³-hybridized carbons (Fsp3) is 0.933. The van der Waals surface area contributed by atoms with E-state index in [1.807, 2.05) is 0 Å². The van der Waals surface area contributed by atoms with Gasteiger partial charge < -0.3 is 5.32 Å². The van der Waals surface area contributed by atoms with Crippen LogP contribution in [0.15, 0.2) is 0 Å². The Morgan fingerprint density at radius 3 is 2.28 bits per heavy atom. The van der Waals surface area contributed by atoms with Crippen molar-refractivity contribution in [2.45, 2.75) is 84.1 Å². The van der Waals surface area contributed by atoms with Gasteiger partial charge in [-0.2, -0.15) is 0 Å². The van der Waals surface area contributed by atoms with Crippen LogP contribution in [-0.4, -0.2) is 16.8 Å². The van der Waals surface area contributed by atoms with Gasteiger partial charge in [-0.25, -0.2) is 0 Å². The molecule has 0 aromatic heterocycles. The van der Waals surface area contributed by atoms with Crippen molar-refractivity contribution in [3.63, 3.8) is 0 Å². The van der Waals surface area contributed by atoms with Crippen LogP contribution < -0.4 is 5.32 Å². The van der Waals surface area contributed by atoms with Gasteiger partial charge in [0.05, 0.1) is 0 Å². The zero-order valence-corrected chi connectivity index (χ0v) is 13.9. The van der Waals surface area contributed by atoms with Gasteiger partial charge in [0.25, 0.3) is 0 Å². The molecule has 0 saturated heterocycles. The first-order valence-electron chi connectivity index (χ1n) is 7.45. The second-order valence-electron chi connectivity index (χ2n) is 5.42. The largest absolute Gasteiger partial charge is 0.351 e. The van der Waals surface area contributed by atoms with Crippen LogP contribution in [0.3, 0.4) is 0 Å². The van der Waals surface area contributed by atoms with Gasteiger partial charge in [0.2, 0.25) is 5.91 Å². The summed E-state index contributed by atoms with van der Waals surface area (Å²) in [5.41, 5.74) is -0.0389. The zero-order valence-electron chi connectivity index (χ0n) is 12.4. The van der Waals surface area contributed by atoms with Crippen LogP contribution in [0.1, 0.15) is 78.6 Å². The number of nitrogens with one attached hydrogen (secondary N) is 1. The molecule has 0 spiro atoms. The van der Waals surface area contributed by atoms with Gasteiger partial charge in [0.1, 0.15) is 0 Å². The molecule has 1 N–H and O–H groups in total. The summed E-state index contributed by atoms with van der Waals surface area (Å²) in [5.74, 6) is 0.218. The number of rotatable bonds is 11. The zero-order chi connectivity index (χ0) is 13.9. The van der Waals surface area contributed by atoms with Crippen LogP contribution in [0.25, 0.3) is 0 Å². The first-order valence-corrected chi connectivity index (χ1v) is 8.57. The normalized spacial score (nSPS) is 14.2. The summed E-state index contributed by atoms with van der Waals surface area (Å²) in [6.45, 7) is 6.49. The van der Waals surface area contributed by atoms with Crippen molar-refractivity contribution in [1.82, 2.24) is 5.32 Å². The van der Waals surface area contributed by atoms with E-state index in [2.05, 4.69) is 42.0 Å². The van der Waals surface area contributed by atoms with E-state index >= 15 is 0 Å². The summed E-state index contributed by atoms with van der Waals surface area (Å²) in [6.07, 6.45) is 10.1. The van der Waals surface area contributed by atoms with Crippen molar-refractivity contribution >= 4 is 21.8 Å². The Balaban J connectivity index is 3.69. The molecule has 1 atom stereocenters. The number of alkyl halides is 1. The first kappa shape index (κ1) is 17.9. The lowest BCUT2D eigenvalue weighted by molar-refractivity contribution is -0.123. The van der Waals surface area contributed by atoms with Crippen LogP contribution >= 0.6 is 15.9 Å². The maximum absolute atomic E-state index is 11.9. The summed E-state index contributed by atoms with van der Waals surface area (Å²) in [4.78, 5) is 11.9. The smallest absolute Gasteiger partial charge is 0.220 e. The van der Waals surface area contributed by atoms with E-state index in [-0.39, 0.29) is 11.4 Å². The molecule has 0 saturated carbocycles. The summed E-state index contributed by atoms with van der Waals surface area (Å²) in [5, 5.41) is 4.12. The van der Waals surface area contributed by atoms with Crippen molar-refractivity contribution < 1.29 is 4.79 Å². The molecule has 0 aliphatic carbocycles. The number of hydrogen-bond acceptors (Lipinski definition) is 1. The topological polar surface area (TPSA) is 29.1 Å². The third-order valence-corrected chi connectivity index (χ3v) is 4.02. The molecule has 0 aliphatic rings. The number of carbonyl (C=O) groups excluding carboxylic acids is 1. The Labute approximate surface area is 121 Å². The lowest BCUT2D eigenvalue weighted by Crippen LogP contribution is -2.45. The molecule has 0 aliphatic heterocycles. The SMILES string of the molecule is CCCCCCCCC(=O)NC(C)(CC)CCBr. The summed E-state index contributed by atoms with van der Waals surface area (Å²) in [7, 11) is 0. The fourth-order valence-corrected chi connectivity index (χ4v) is 2.88.